The Morgan fingerprint density at radius 3 is 3.00 bits per heavy atom. The zero-order valence-corrected chi connectivity index (χ0v) is 14.0. The molecule has 1 saturated carbocycles. The molecule has 112 valence electrons. The SMILES string of the molecule is CNCC1=C(c2cccc3sccc23)[C@@H]2CCC(C1)C2.Cl. The van der Waals surface area contributed by atoms with Gasteiger partial charge in [0, 0.05) is 11.2 Å². The average molecular weight is 320 g/mol. The lowest BCUT2D eigenvalue weighted by molar-refractivity contribution is 0.502. The Morgan fingerprint density at radius 1 is 1.24 bits per heavy atom. The van der Waals surface area contributed by atoms with Gasteiger partial charge >= 0.3 is 0 Å². The monoisotopic (exact) mass is 319 g/mol. The Balaban J connectivity index is 0.00000132. The summed E-state index contributed by atoms with van der Waals surface area (Å²) in [6.07, 6.45) is 5.56. The number of nitrogens with one attached hydrogen (secondary N) is 1. The number of hydrogen-bond acceptors (Lipinski definition) is 2. The summed E-state index contributed by atoms with van der Waals surface area (Å²) in [5.74, 6) is 1.76. The Hall–Kier alpha value is -0.830. The topological polar surface area (TPSA) is 12.0 Å². The maximum Gasteiger partial charge on any atom is 0.0348 e. The van der Waals surface area contributed by atoms with E-state index in [2.05, 4.69) is 42.0 Å². The molecule has 0 saturated heterocycles. The lowest BCUT2D eigenvalue weighted by atomic mass is 9.79. The van der Waals surface area contributed by atoms with Crippen molar-refractivity contribution in [2.45, 2.75) is 25.7 Å². The number of halogens is 1. The highest BCUT2D eigenvalue weighted by atomic mass is 35.5. The highest BCUT2D eigenvalue weighted by Crippen LogP contribution is 2.50. The summed E-state index contributed by atoms with van der Waals surface area (Å²) in [5, 5.41) is 7.09. The predicted octanol–water partition coefficient (Wildman–Crippen LogP) is 5.12. The predicted molar refractivity (Wildman–Crippen MR) is 95.4 cm³/mol. The van der Waals surface area contributed by atoms with Crippen LogP contribution >= 0.6 is 23.7 Å². The van der Waals surface area contributed by atoms with E-state index in [-0.39, 0.29) is 12.4 Å². The number of hydrogen-bond donors (Lipinski definition) is 1. The van der Waals surface area contributed by atoms with Crippen molar-refractivity contribution in [3.63, 3.8) is 0 Å². The van der Waals surface area contributed by atoms with Gasteiger partial charge in [-0.25, -0.2) is 0 Å². The second kappa shape index (κ2) is 6.12. The molecule has 1 nitrogen and oxygen atoms in total. The minimum Gasteiger partial charge on any atom is -0.316 e. The number of fused-ring (bicyclic) bond motifs is 3. The third-order valence-corrected chi connectivity index (χ3v) is 5.92. The van der Waals surface area contributed by atoms with Crippen LogP contribution in [0.1, 0.15) is 31.2 Å². The third-order valence-electron chi connectivity index (χ3n) is 5.04. The van der Waals surface area contributed by atoms with Crippen molar-refractivity contribution in [1.29, 1.82) is 0 Å². The summed E-state index contributed by atoms with van der Waals surface area (Å²) < 4.78 is 1.43. The summed E-state index contributed by atoms with van der Waals surface area (Å²) >= 11 is 1.86. The summed E-state index contributed by atoms with van der Waals surface area (Å²) in [4.78, 5) is 0. The molecule has 3 heteroatoms. The highest BCUT2D eigenvalue weighted by molar-refractivity contribution is 7.17. The van der Waals surface area contributed by atoms with Gasteiger partial charge in [0.05, 0.1) is 0 Å². The standard InChI is InChI=1S/C18H21NS.ClH/c1-19-11-14-10-12-5-6-13(9-12)18(14)16-3-2-4-17-15(16)7-8-20-17;/h2-4,7-8,12-13,19H,5-6,9-11H2,1H3;1H/t12?,13-;/m1./s1. The molecule has 1 aromatic carbocycles. The molecule has 2 aliphatic rings. The van der Waals surface area contributed by atoms with Crippen LogP contribution in [0.25, 0.3) is 15.7 Å². The van der Waals surface area contributed by atoms with Gasteiger partial charge in [-0.05, 0) is 78.6 Å². The van der Waals surface area contributed by atoms with Gasteiger partial charge in [-0.15, -0.1) is 23.7 Å². The first-order chi connectivity index (χ1) is 9.86. The van der Waals surface area contributed by atoms with Crippen molar-refractivity contribution in [2.24, 2.45) is 11.8 Å². The first-order valence-corrected chi connectivity index (χ1v) is 8.58. The number of allylic oxidation sites excluding steroid dienone is 1. The maximum absolute atomic E-state index is 3.39. The normalized spacial score (nSPS) is 24.4. The molecule has 2 aliphatic carbocycles. The second-order valence-corrected chi connectivity index (χ2v) is 7.21. The molecular formula is C18H22ClNS. The molecule has 21 heavy (non-hydrogen) atoms. The van der Waals surface area contributed by atoms with Crippen molar-refractivity contribution in [3.8, 4) is 0 Å². The molecule has 2 bridgehead atoms. The zero-order valence-electron chi connectivity index (χ0n) is 12.4. The minimum absolute atomic E-state index is 0. The fourth-order valence-corrected chi connectivity index (χ4v) is 5.10. The Kier molecular flexibility index (Phi) is 4.39. The Labute approximate surface area is 136 Å². The van der Waals surface area contributed by atoms with Gasteiger partial charge in [0.15, 0.2) is 0 Å². The van der Waals surface area contributed by atoms with Gasteiger partial charge in [-0.3, -0.25) is 0 Å². The molecule has 1 N–H and O–H groups in total. The number of benzene rings is 1. The smallest absolute Gasteiger partial charge is 0.0348 e. The number of likely N-dealkylation sites (N-methyl/N-ethyl adjacent to an activating group) is 1. The van der Waals surface area contributed by atoms with Crippen molar-refractivity contribution in [2.75, 3.05) is 13.6 Å². The van der Waals surface area contributed by atoms with E-state index in [1.165, 1.54) is 41.3 Å². The molecule has 1 heterocycles. The summed E-state index contributed by atoms with van der Waals surface area (Å²) in [7, 11) is 2.08. The van der Waals surface area contributed by atoms with Crippen molar-refractivity contribution in [3.05, 3.63) is 40.8 Å². The van der Waals surface area contributed by atoms with E-state index in [0.717, 1.165) is 18.4 Å². The van der Waals surface area contributed by atoms with Gasteiger partial charge in [-0.2, -0.15) is 0 Å². The van der Waals surface area contributed by atoms with Crippen LogP contribution in [0.4, 0.5) is 0 Å². The van der Waals surface area contributed by atoms with Gasteiger partial charge in [0.2, 0.25) is 0 Å². The summed E-state index contributed by atoms with van der Waals surface area (Å²) in [6, 6.07) is 9.14. The Bertz CT molecular complexity index is 673. The molecule has 1 aromatic heterocycles. The van der Waals surface area contributed by atoms with E-state index in [1.54, 1.807) is 11.1 Å². The molecule has 4 rings (SSSR count). The third kappa shape index (κ3) is 2.54. The van der Waals surface area contributed by atoms with Crippen LogP contribution in [0.5, 0.6) is 0 Å². The number of rotatable bonds is 3. The quantitative estimate of drug-likeness (QED) is 0.828. The van der Waals surface area contributed by atoms with Gasteiger partial charge in [-0.1, -0.05) is 17.7 Å². The van der Waals surface area contributed by atoms with Gasteiger partial charge in [0.1, 0.15) is 0 Å². The molecule has 0 spiro atoms. The van der Waals surface area contributed by atoms with Crippen LogP contribution in [0.3, 0.4) is 0 Å². The minimum atomic E-state index is 0. The van der Waals surface area contributed by atoms with E-state index >= 15 is 0 Å². The van der Waals surface area contributed by atoms with Crippen LogP contribution in [0.2, 0.25) is 0 Å². The molecule has 2 aromatic rings. The average Bonchev–Trinajstić information content (AvgIpc) is 3.07. The lowest BCUT2D eigenvalue weighted by Gasteiger charge is -2.27. The van der Waals surface area contributed by atoms with E-state index in [0.29, 0.717) is 0 Å². The van der Waals surface area contributed by atoms with Crippen LogP contribution < -0.4 is 5.32 Å². The molecule has 0 aliphatic heterocycles. The van der Waals surface area contributed by atoms with Crippen molar-refractivity contribution < 1.29 is 0 Å². The van der Waals surface area contributed by atoms with E-state index in [1.807, 2.05) is 11.3 Å². The number of thiophene rings is 1. The van der Waals surface area contributed by atoms with Crippen LogP contribution in [0.15, 0.2) is 35.2 Å². The van der Waals surface area contributed by atoms with Crippen LogP contribution in [0, 0.1) is 11.8 Å². The molecule has 0 amide bonds. The first kappa shape index (κ1) is 15.1. The van der Waals surface area contributed by atoms with E-state index < -0.39 is 0 Å². The molecule has 2 atom stereocenters. The summed E-state index contributed by atoms with van der Waals surface area (Å²) in [6.45, 7) is 1.06. The maximum atomic E-state index is 3.39. The van der Waals surface area contributed by atoms with E-state index in [9.17, 15) is 0 Å². The molecular weight excluding hydrogens is 298 g/mol. The van der Waals surface area contributed by atoms with Crippen molar-refractivity contribution >= 4 is 39.4 Å². The molecule has 0 radical (unpaired) electrons. The second-order valence-electron chi connectivity index (χ2n) is 6.27. The molecule has 1 fully saturated rings. The van der Waals surface area contributed by atoms with Crippen LogP contribution in [-0.2, 0) is 0 Å². The van der Waals surface area contributed by atoms with Gasteiger partial charge < -0.3 is 5.32 Å². The first-order valence-electron chi connectivity index (χ1n) is 7.70. The lowest BCUT2D eigenvalue weighted by Crippen LogP contribution is -2.19. The van der Waals surface area contributed by atoms with Crippen LogP contribution in [-0.4, -0.2) is 13.6 Å². The van der Waals surface area contributed by atoms with E-state index in [4.69, 9.17) is 0 Å². The fourth-order valence-electron chi connectivity index (χ4n) is 4.29. The Morgan fingerprint density at radius 2 is 2.14 bits per heavy atom. The fraction of sp³-hybridized carbons (Fsp3) is 0.444. The molecule has 1 unspecified atom stereocenters. The highest BCUT2D eigenvalue weighted by Gasteiger charge is 2.35. The van der Waals surface area contributed by atoms with Gasteiger partial charge in [0.25, 0.3) is 0 Å². The summed E-state index contributed by atoms with van der Waals surface area (Å²) in [5.41, 5.74) is 4.86. The largest absolute Gasteiger partial charge is 0.316 e. The van der Waals surface area contributed by atoms with Crippen molar-refractivity contribution in [1.82, 2.24) is 5.32 Å². The zero-order chi connectivity index (χ0) is 13.5.